The highest BCUT2D eigenvalue weighted by Crippen LogP contribution is 2.13. The molecule has 0 unspecified atom stereocenters. The SMILES string of the molecule is O=c1ncc2c([nH]1)CCC=C2. The molecule has 0 fully saturated rings. The lowest BCUT2D eigenvalue weighted by atomic mass is 10.1. The predicted octanol–water partition coefficient (Wildman–Crippen LogP) is 0.729. The molecule has 0 aromatic carbocycles. The maximum atomic E-state index is 10.8. The summed E-state index contributed by atoms with van der Waals surface area (Å²) in [7, 11) is 0. The van der Waals surface area contributed by atoms with E-state index < -0.39 is 0 Å². The summed E-state index contributed by atoms with van der Waals surface area (Å²) < 4.78 is 0. The lowest BCUT2D eigenvalue weighted by molar-refractivity contribution is 0.886. The summed E-state index contributed by atoms with van der Waals surface area (Å²) in [5.74, 6) is 0. The molecule has 0 saturated carbocycles. The molecule has 0 radical (unpaired) electrons. The van der Waals surface area contributed by atoms with Crippen molar-refractivity contribution in [1.29, 1.82) is 0 Å². The van der Waals surface area contributed by atoms with Gasteiger partial charge in [-0.25, -0.2) is 9.78 Å². The third kappa shape index (κ3) is 1.09. The Hall–Kier alpha value is -1.38. The van der Waals surface area contributed by atoms with Gasteiger partial charge in [-0.2, -0.15) is 0 Å². The Morgan fingerprint density at radius 2 is 2.45 bits per heavy atom. The second-order valence-corrected chi connectivity index (χ2v) is 2.56. The summed E-state index contributed by atoms with van der Waals surface area (Å²) in [6, 6.07) is 0. The normalized spacial score (nSPS) is 14.5. The second kappa shape index (κ2) is 2.34. The van der Waals surface area contributed by atoms with Gasteiger partial charge in [0.1, 0.15) is 0 Å². The van der Waals surface area contributed by atoms with E-state index >= 15 is 0 Å². The van der Waals surface area contributed by atoms with Gasteiger partial charge in [0.15, 0.2) is 0 Å². The molecule has 0 atom stereocenters. The first-order chi connectivity index (χ1) is 5.36. The van der Waals surface area contributed by atoms with Gasteiger partial charge in [-0.3, -0.25) is 0 Å². The van der Waals surface area contributed by atoms with Crippen molar-refractivity contribution in [3.63, 3.8) is 0 Å². The Kier molecular flexibility index (Phi) is 1.35. The molecular formula is C8H8N2O. The molecule has 11 heavy (non-hydrogen) atoms. The van der Waals surface area contributed by atoms with Crippen LogP contribution in [0.2, 0.25) is 0 Å². The summed E-state index contributed by atoms with van der Waals surface area (Å²) in [5.41, 5.74) is 1.79. The van der Waals surface area contributed by atoms with Crippen molar-refractivity contribution in [3.8, 4) is 0 Å². The monoisotopic (exact) mass is 148 g/mol. The minimum Gasteiger partial charge on any atom is -0.309 e. The average Bonchev–Trinajstić information content (AvgIpc) is 2.04. The molecular weight excluding hydrogens is 140 g/mol. The maximum absolute atomic E-state index is 10.8. The highest BCUT2D eigenvalue weighted by Gasteiger charge is 2.03. The highest BCUT2D eigenvalue weighted by atomic mass is 16.1. The van der Waals surface area contributed by atoms with Crippen molar-refractivity contribution in [2.45, 2.75) is 12.8 Å². The van der Waals surface area contributed by atoms with Gasteiger partial charge < -0.3 is 4.98 Å². The molecule has 3 heteroatoms. The van der Waals surface area contributed by atoms with E-state index in [1.165, 1.54) is 0 Å². The van der Waals surface area contributed by atoms with Crippen molar-refractivity contribution in [1.82, 2.24) is 9.97 Å². The molecule has 1 N–H and O–H groups in total. The number of aromatic nitrogens is 2. The Bertz CT molecular complexity index is 351. The fourth-order valence-electron chi connectivity index (χ4n) is 1.23. The second-order valence-electron chi connectivity index (χ2n) is 2.56. The molecule has 1 aliphatic rings. The average molecular weight is 148 g/mol. The highest BCUT2D eigenvalue weighted by molar-refractivity contribution is 5.52. The Balaban J connectivity index is 2.62. The molecule has 0 bridgehead atoms. The van der Waals surface area contributed by atoms with Crippen LogP contribution in [0.1, 0.15) is 17.7 Å². The van der Waals surface area contributed by atoms with Crippen LogP contribution in [0, 0.1) is 0 Å². The number of fused-ring (bicyclic) bond motifs is 1. The minimum atomic E-state index is -0.251. The number of nitrogens with zero attached hydrogens (tertiary/aromatic N) is 1. The molecule has 0 aliphatic heterocycles. The number of hydrogen-bond acceptors (Lipinski definition) is 2. The zero-order chi connectivity index (χ0) is 7.68. The van der Waals surface area contributed by atoms with Crippen molar-refractivity contribution in [2.75, 3.05) is 0 Å². The molecule has 0 saturated heterocycles. The number of allylic oxidation sites excluding steroid dienone is 1. The summed E-state index contributed by atoms with van der Waals surface area (Å²) in [5, 5.41) is 0. The van der Waals surface area contributed by atoms with E-state index in [9.17, 15) is 4.79 Å². The smallest absolute Gasteiger partial charge is 0.309 e. The van der Waals surface area contributed by atoms with Crippen LogP contribution in [-0.4, -0.2) is 9.97 Å². The molecule has 1 heterocycles. The minimum absolute atomic E-state index is 0.251. The van der Waals surface area contributed by atoms with Gasteiger partial charge in [-0.1, -0.05) is 12.2 Å². The van der Waals surface area contributed by atoms with Gasteiger partial charge in [0, 0.05) is 17.5 Å². The first-order valence-corrected chi connectivity index (χ1v) is 3.61. The zero-order valence-electron chi connectivity index (χ0n) is 6.00. The number of hydrogen-bond donors (Lipinski definition) is 1. The first-order valence-electron chi connectivity index (χ1n) is 3.61. The molecule has 3 nitrogen and oxygen atoms in total. The number of rotatable bonds is 0. The van der Waals surface area contributed by atoms with Crippen LogP contribution < -0.4 is 5.69 Å². The van der Waals surface area contributed by atoms with Crippen LogP contribution in [0.4, 0.5) is 0 Å². The van der Waals surface area contributed by atoms with Crippen LogP contribution in [0.5, 0.6) is 0 Å². The van der Waals surface area contributed by atoms with Gasteiger partial charge in [0.2, 0.25) is 0 Å². The van der Waals surface area contributed by atoms with Gasteiger partial charge in [0.05, 0.1) is 0 Å². The summed E-state index contributed by atoms with van der Waals surface area (Å²) in [6.45, 7) is 0. The topological polar surface area (TPSA) is 45.8 Å². The van der Waals surface area contributed by atoms with Crippen LogP contribution in [-0.2, 0) is 6.42 Å². The molecule has 1 aromatic rings. The summed E-state index contributed by atoms with van der Waals surface area (Å²) in [6.07, 6.45) is 7.62. The number of H-pyrrole nitrogens is 1. The largest absolute Gasteiger partial charge is 0.345 e. The van der Waals surface area contributed by atoms with Gasteiger partial charge in [-0.15, -0.1) is 0 Å². The molecule has 0 spiro atoms. The van der Waals surface area contributed by atoms with E-state index in [-0.39, 0.29) is 5.69 Å². The van der Waals surface area contributed by atoms with Crippen LogP contribution in [0.3, 0.4) is 0 Å². The quantitative estimate of drug-likeness (QED) is 0.589. The third-order valence-electron chi connectivity index (χ3n) is 1.79. The van der Waals surface area contributed by atoms with Crippen LogP contribution in [0.25, 0.3) is 6.08 Å². The van der Waals surface area contributed by atoms with Crippen molar-refractivity contribution >= 4 is 6.08 Å². The lowest BCUT2D eigenvalue weighted by Gasteiger charge is -2.06. The predicted molar refractivity (Wildman–Crippen MR) is 42.2 cm³/mol. The van der Waals surface area contributed by atoms with Gasteiger partial charge in [0.25, 0.3) is 0 Å². The fourth-order valence-corrected chi connectivity index (χ4v) is 1.23. The Morgan fingerprint density at radius 1 is 1.55 bits per heavy atom. The van der Waals surface area contributed by atoms with Crippen LogP contribution >= 0.6 is 0 Å². The third-order valence-corrected chi connectivity index (χ3v) is 1.79. The Morgan fingerprint density at radius 3 is 3.36 bits per heavy atom. The molecule has 1 aromatic heterocycles. The van der Waals surface area contributed by atoms with Crippen LogP contribution in [0.15, 0.2) is 17.1 Å². The number of aryl methyl sites for hydroxylation is 1. The fraction of sp³-hybridized carbons (Fsp3) is 0.250. The molecule has 56 valence electrons. The van der Waals surface area contributed by atoms with Gasteiger partial charge >= 0.3 is 5.69 Å². The van der Waals surface area contributed by atoms with Crippen molar-refractivity contribution < 1.29 is 0 Å². The molecule has 2 rings (SSSR count). The summed E-state index contributed by atoms with van der Waals surface area (Å²) >= 11 is 0. The van der Waals surface area contributed by atoms with E-state index in [4.69, 9.17) is 0 Å². The van der Waals surface area contributed by atoms with E-state index in [1.54, 1.807) is 6.20 Å². The maximum Gasteiger partial charge on any atom is 0.345 e. The van der Waals surface area contributed by atoms with Crippen molar-refractivity contribution in [2.24, 2.45) is 0 Å². The number of aromatic amines is 1. The van der Waals surface area contributed by atoms with E-state index in [0.717, 1.165) is 24.1 Å². The summed E-state index contributed by atoms with van der Waals surface area (Å²) in [4.78, 5) is 17.1. The van der Waals surface area contributed by atoms with E-state index in [1.807, 2.05) is 6.08 Å². The standard InChI is InChI=1S/C8H8N2O/c11-8-9-5-6-3-1-2-4-7(6)10-8/h1,3,5H,2,4H2,(H,9,10,11). The Labute approximate surface area is 63.8 Å². The van der Waals surface area contributed by atoms with Gasteiger partial charge in [-0.05, 0) is 12.8 Å². The van der Waals surface area contributed by atoms with E-state index in [2.05, 4.69) is 16.0 Å². The first kappa shape index (κ1) is 6.34. The van der Waals surface area contributed by atoms with Crippen molar-refractivity contribution in [3.05, 3.63) is 34.0 Å². The molecule has 0 amide bonds. The molecule has 1 aliphatic carbocycles. The zero-order valence-corrected chi connectivity index (χ0v) is 6.00. The van der Waals surface area contributed by atoms with E-state index in [0.29, 0.717) is 0 Å². The lowest BCUT2D eigenvalue weighted by Crippen LogP contribution is -2.14. The number of nitrogens with one attached hydrogen (secondary N) is 1.